The van der Waals surface area contributed by atoms with E-state index in [0.29, 0.717) is 24.5 Å². The van der Waals surface area contributed by atoms with Crippen LogP contribution in [0, 0.1) is 9.39 Å². The average molecular weight is 468 g/mol. The van der Waals surface area contributed by atoms with Gasteiger partial charge in [0.25, 0.3) is 5.91 Å². The number of carbonyl (C=O) groups is 1. The van der Waals surface area contributed by atoms with Gasteiger partial charge in [-0.25, -0.2) is 4.39 Å². The van der Waals surface area contributed by atoms with E-state index in [1.807, 2.05) is 19.1 Å². The third-order valence-electron chi connectivity index (χ3n) is 3.65. The lowest BCUT2D eigenvalue weighted by molar-refractivity contribution is -0.00286. The van der Waals surface area contributed by atoms with Crippen LogP contribution >= 0.6 is 22.6 Å². The summed E-state index contributed by atoms with van der Waals surface area (Å²) in [4.78, 5) is 17.8. The number of amides is 1. The van der Waals surface area contributed by atoms with Gasteiger partial charge >= 0.3 is 0 Å². The third-order valence-corrected chi connectivity index (χ3v) is 4.37. The molecule has 26 heavy (non-hydrogen) atoms. The number of nitrogens with one attached hydrogen (secondary N) is 1. The second-order valence-electron chi connectivity index (χ2n) is 5.91. The second kappa shape index (κ2) is 8.35. The molecule has 0 fully saturated rings. The molecule has 1 atom stereocenters. The minimum absolute atomic E-state index is 0.0929. The first-order valence-electron chi connectivity index (χ1n) is 8.05. The first-order chi connectivity index (χ1) is 12.5. The number of benzene rings is 2. The zero-order chi connectivity index (χ0) is 18.5. The van der Waals surface area contributed by atoms with Crippen LogP contribution in [-0.4, -0.2) is 41.6 Å². The van der Waals surface area contributed by atoms with E-state index in [9.17, 15) is 9.18 Å². The molecule has 1 aliphatic rings. The van der Waals surface area contributed by atoms with Gasteiger partial charge in [0.2, 0.25) is 0 Å². The number of hydrazone groups is 1. The number of hydrogen-bond donors (Lipinski definition) is 1. The van der Waals surface area contributed by atoms with Crippen molar-refractivity contribution in [3.05, 3.63) is 63.5 Å². The number of hydrogen-bond acceptors (Lipinski definition) is 5. The topological polar surface area (TPSA) is 57.2 Å². The summed E-state index contributed by atoms with van der Waals surface area (Å²) in [6.45, 7) is 2.88. The summed E-state index contributed by atoms with van der Waals surface area (Å²) in [6.07, 6.45) is 1.55. The molecular weight excluding hydrogens is 450 g/mol. The lowest BCUT2D eigenvalue weighted by Gasteiger charge is -2.22. The van der Waals surface area contributed by atoms with Crippen molar-refractivity contribution in [2.75, 3.05) is 13.2 Å². The first-order valence-corrected chi connectivity index (χ1v) is 9.13. The summed E-state index contributed by atoms with van der Waals surface area (Å²) < 4.78 is 14.0. The minimum Gasteiger partial charge on any atom is -0.377 e. The molecule has 0 bridgehead atoms. The molecule has 0 saturated heterocycles. The van der Waals surface area contributed by atoms with Crippen LogP contribution in [0.2, 0.25) is 0 Å². The number of halogens is 2. The van der Waals surface area contributed by atoms with Gasteiger partial charge in [-0.15, -0.1) is 0 Å². The Hall–Kier alpha value is -2.36. The van der Waals surface area contributed by atoms with E-state index in [1.54, 1.807) is 40.7 Å². The Balaban J connectivity index is 1.46. The summed E-state index contributed by atoms with van der Waals surface area (Å²) >= 11 is 2.20. The maximum Gasteiger partial charge on any atom is 0.251 e. The highest BCUT2D eigenvalue weighted by Crippen LogP contribution is 2.14. The fourth-order valence-corrected chi connectivity index (χ4v) is 2.78. The maximum absolute atomic E-state index is 12.9. The van der Waals surface area contributed by atoms with Crippen LogP contribution in [0.15, 0.2) is 53.6 Å². The average Bonchev–Trinajstić information content (AvgIpc) is 3.04. The van der Waals surface area contributed by atoms with Gasteiger partial charge in [-0.3, -0.25) is 9.80 Å². The normalized spacial score (nSPS) is 14.4. The van der Waals surface area contributed by atoms with E-state index in [4.69, 9.17) is 4.84 Å². The van der Waals surface area contributed by atoms with Gasteiger partial charge in [0.15, 0.2) is 5.75 Å². The van der Waals surface area contributed by atoms with Crippen molar-refractivity contribution in [2.24, 2.45) is 5.10 Å². The Labute approximate surface area is 164 Å². The van der Waals surface area contributed by atoms with Crippen LogP contribution in [-0.2, 0) is 0 Å². The minimum atomic E-state index is -0.313. The van der Waals surface area contributed by atoms with E-state index < -0.39 is 0 Å². The Morgan fingerprint density at radius 3 is 2.65 bits per heavy atom. The van der Waals surface area contributed by atoms with E-state index >= 15 is 0 Å². The smallest absolute Gasteiger partial charge is 0.251 e. The van der Waals surface area contributed by atoms with Gasteiger partial charge in [-0.1, -0.05) is 0 Å². The van der Waals surface area contributed by atoms with Crippen LogP contribution < -0.4 is 10.2 Å². The molecule has 3 rings (SSSR count). The molecule has 2 aromatic carbocycles. The number of rotatable bonds is 6. The van der Waals surface area contributed by atoms with E-state index in [0.717, 1.165) is 3.57 Å². The Morgan fingerprint density at radius 2 is 1.96 bits per heavy atom. The van der Waals surface area contributed by atoms with Crippen molar-refractivity contribution in [1.29, 1.82) is 0 Å². The molecule has 8 heteroatoms. The molecule has 0 spiro atoms. The number of carbonyl (C=O) groups excluding carboxylic acids is 1. The van der Waals surface area contributed by atoms with Gasteiger partial charge in [0, 0.05) is 15.2 Å². The van der Waals surface area contributed by atoms with Gasteiger partial charge in [-0.05, 0) is 78.0 Å². The molecule has 2 aromatic rings. The Kier molecular flexibility index (Phi) is 5.92. The van der Waals surface area contributed by atoms with Crippen LogP contribution in [0.3, 0.4) is 0 Å². The highest BCUT2D eigenvalue weighted by Gasteiger charge is 2.19. The van der Waals surface area contributed by atoms with E-state index in [-0.39, 0.29) is 17.8 Å². The molecule has 1 N–H and O–H groups in total. The number of nitrogens with zero attached hydrogens (tertiary/aromatic N) is 3. The molecule has 6 nitrogen and oxygen atoms in total. The van der Waals surface area contributed by atoms with Crippen LogP contribution in [0.4, 0.5) is 4.39 Å². The molecule has 0 saturated carbocycles. The van der Waals surface area contributed by atoms with Crippen molar-refractivity contribution < 1.29 is 14.0 Å². The largest absolute Gasteiger partial charge is 0.377 e. The predicted octanol–water partition coefficient (Wildman–Crippen LogP) is 3.06. The van der Waals surface area contributed by atoms with Gasteiger partial charge in [0.1, 0.15) is 18.8 Å². The molecule has 136 valence electrons. The Morgan fingerprint density at radius 1 is 1.27 bits per heavy atom. The van der Waals surface area contributed by atoms with Crippen molar-refractivity contribution in [2.45, 2.75) is 13.0 Å². The summed E-state index contributed by atoms with van der Waals surface area (Å²) in [5.74, 6) is 0.100. The van der Waals surface area contributed by atoms with Crippen molar-refractivity contribution in [1.82, 2.24) is 15.4 Å². The molecular formula is C18H18FIN4O2. The fourth-order valence-electron chi connectivity index (χ4n) is 2.42. The fraction of sp³-hybridized carbons (Fsp3) is 0.222. The summed E-state index contributed by atoms with van der Waals surface area (Å²) in [6, 6.07) is 13.1. The van der Waals surface area contributed by atoms with E-state index in [1.165, 1.54) is 12.1 Å². The first kappa shape index (κ1) is 18.4. The molecule has 1 unspecified atom stereocenters. The zero-order valence-electron chi connectivity index (χ0n) is 14.1. The second-order valence-corrected chi connectivity index (χ2v) is 7.15. The van der Waals surface area contributed by atoms with Crippen LogP contribution in [0.5, 0.6) is 5.75 Å². The highest BCUT2D eigenvalue weighted by molar-refractivity contribution is 14.1. The van der Waals surface area contributed by atoms with Crippen molar-refractivity contribution in [3.8, 4) is 5.75 Å². The van der Waals surface area contributed by atoms with E-state index in [2.05, 4.69) is 33.0 Å². The molecule has 1 amide bonds. The SMILES string of the molecule is CC(CN1CN(Oc2ccc(F)cc2)C=N1)NC(=O)c1ccc(I)cc1. The molecule has 1 heterocycles. The molecule has 0 radical (unpaired) electrons. The summed E-state index contributed by atoms with van der Waals surface area (Å²) in [7, 11) is 0. The molecule has 0 aliphatic carbocycles. The molecule has 0 aromatic heterocycles. The highest BCUT2D eigenvalue weighted by atomic mass is 127. The maximum atomic E-state index is 12.9. The zero-order valence-corrected chi connectivity index (χ0v) is 16.3. The number of hydroxylamine groups is 2. The van der Waals surface area contributed by atoms with Gasteiger partial charge in [0.05, 0.1) is 6.54 Å². The van der Waals surface area contributed by atoms with Gasteiger partial charge in [-0.2, -0.15) is 10.2 Å². The standard InChI is InChI=1S/C18H18FIN4O2/c1-13(22-18(25)14-2-6-16(20)7-3-14)10-23-12-24(11-21-23)26-17-8-4-15(19)5-9-17/h2-9,11,13H,10,12H2,1H3,(H,22,25). The lowest BCUT2D eigenvalue weighted by Crippen LogP contribution is -2.41. The van der Waals surface area contributed by atoms with Crippen LogP contribution in [0.1, 0.15) is 17.3 Å². The summed E-state index contributed by atoms with van der Waals surface area (Å²) in [5.41, 5.74) is 0.628. The van der Waals surface area contributed by atoms with Gasteiger partial charge < -0.3 is 10.2 Å². The third kappa shape index (κ3) is 5.07. The van der Waals surface area contributed by atoms with Crippen LogP contribution in [0.25, 0.3) is 0 Å². The monoisotopic (exact) mass is 468 g/mol. The van der Waals surface area contributed by atoms with Crippen molar-refractivity contribution in [3.63, 3.8) is 0 Å². The predicted molar refractivity (Wildman–Crippen MR) is 105 cm³/mol. The quantitative estimate of drug-likeness (QED) is 0.663. The summed E-state index contributed by atoms with van der Waals surface area (Å²) in [5, 5.41) is 10.5. The van der Waals surface area contributed by atoms with Crippen molar-refractivity contribution >= 4 is 34.8 Å². The molecule has 1 aliphatic heterocycles. The lowest BCUT2D eigenvalue weighted by atomic mass is 10.2. The Bertz CT molecular complexity index is 783.